The Morgan fingerprint density at radius 1 is 1.43 bits per heavy atom. The van der Waals surface area contributed by atoms with Crippen LogP contribution in [0.3, 0.4) is 0 Å². The Kier molecular flexibility index (Phi) is 5.04. The van der Waals surface area contributed by atoms with Gasteiger partial charge in [0.15, 0.2) is 0 Å². The first kappa shape index (κ1) is 15.2. The maximum absolute atomic E-state index is 12.3. The highest BCUT2D eigenvalue weighted by molar-refractivity contribution is 7.09. The maximum Gasteiger partial charge on any atom is 0.272 e. The van der Waals surface area contributed by atoms with Gasteiger partial charge in [-0.3, -0.25) is 4.79 Å². The molecule has 2 aromatic rings. The van der Waals surface area contributed by atoms with Gasteiger partial charge >= 0.3 is 0 Å². The molecule has 0 unspecified atom stereocenters. The van der Waals surface area contributed by atoms with Crippen LogP contribution in [0.15, 0.2) is 23.8 Å². The third-order valence-electron chi connectivity index (χ3n) is 2.87. The second-order valence-electron chi connectivity index (χ2n) is 4.41. The summed E-state index contributed by atoms with van der Waals surface area (Å²) in [5, 5.41) is 8.63. The van der Waals surface area contributed by atoms with Crippen LogP contribution in [-0.4, -0.2) is 39.5 Å². The molecule has 2 aromatic heterocycles. The number of amides is 1. The van der Waals surface area contributed by atoms with E-state index in [0.717, 1.165) is 10.6 Å². The second kappa shape index (κ2) is 6.97. The summed E-state index contributed by atoms with van der Waals surface area (Å²) in [4.78, 5) is 23.2. The number of aryl methyl sites for hydroxylation is 1. The minimum absolute atomic E-state index is 0.149. The fraction of sp³-hybridized carbons (Fsp3) is 0.267. The Hall–Kier alpha value is -2.23. The van der Waals surface area contributed by atoms with Gasteiger partial charge in [-0.2, -0.15) is 0 Å². The van der Waals surface area contributed by atoms with Gasteiger partial charge in [-0.1, -0.05) is 11.8 Å². The van der Waals surface area contributed by atoms with Crippen LogP contribution in [0.4, 0.5) is 0 Å². The standard InChI is InChI=1S/C15H15N3O2S/c1-11-14(21-10-17-11)9-18(2)15(20)13-6-5-12(8-16-13)4-3-7-19/h5-6,8,10,19H,7,9H2,1-2H3. The summed E-state index contributed by atoms with van der Waals surface area (Å²) in [7, 11) is 1.74. The van der Waals surface area contributed by atoms with E-state index in [1.165, 1.54) is 17.5 Å². The smallest absolute Gasteiger partial charge is 0.272 e. The fourth-order valence-corrected chi connectivity index (χ4v) is 2.53. The summed E-state index contributed by atoms with van der Waals surface area (Å²) in [6.45, 7) is 2.25. The molecule has 0 atom stereocenters. The first-order valence-corrected chi connectivity index (χ1v) is 7.20. The zero-order valence-electron chi connectivity index (χ0n) is 11.8. The molecule has 6 heteroatoms. The van der Waals surface area contributed by atoms with Crippen molar-refractivity contribution in [3.63, 3.8) is 0 Å². The van der Waals surface area contributed by atoms with Crippen LogP contribution >= 0.6 is 11.3 Å². The average Bonchev–Trinajstić information content (AvgIpc) is 2.90. The van der Waals surface area contributed by atoms with Crippen LogP contribution < -0.4 is 0 Å². The number of rotatable bonds is 3. The quantitative estimate of drug-likeness (QED) is 0.872. The lowest BCUT2D eigenvalue weighted by Crippen LogP contribution is -2.26. The minimum Gasteiger partial charge on any atom is -0.384 e. The van der Waals surface area contributed by atoms with Crippen molar-refractivity contribution in [3.05, 3.63) is 45.7 Å². The summed E-state index contributed by atoms with van der Waals surface area (Å²) in [5.74, 6) is 5.13. The number of carbonyl (C=O) groups excluding carboxylic acids is 1. The Labute approximate surface area is 127 Å². The third-order valence-corrected chi connectivity index (χ3v) is 3.79. The molecule has 108 valence electrons. The molecule has 1 amide bonds. The van der Waals surface area contributed by atoms with Crippen molar-refractivity contribution >= 4 is 17.2 Å². The van der Waals surface area contributed by atoms with Crippen molar-refractivity contribution in [1.29, 1.82) is 0 Å². The molecule has 0 fully saturated rings. The normalized spacial score (nSPS) is 9.86. The Morgan fingerprint density at radius 2 is 2.24 bits per heavy atom. The molecule has 0 spiro atoms. The molecule has 21 heavy (non-hydrogen) atoms. The van der Waals surface area contributed by atoms with Gasteiger partial charge in [0, 0.05) is 23.7 Å². The maximum atomic E-state index is 12.3. The largest absolute Gasteiger partial charge is 0.384 e. The number of aromatic nitrogens is 2. The fourth-order valence-electron chi connectivity index (χ4n) is 1.70. The first-order valence-electron chi connectivity index (χ1n) is 6.32. The second-order valence-corrected chi connectivity index (χ2v) is 5.35. The van der Waals surface area contributed by atoms with Crippen LogP contribution in [0.1, 0.15) is 26.6 Å². The average molecular weight is 301 g/mol. The highest BCUT2D eigenvalue weighted by Crippen LogP contribution is 2.15. The van der Waals surface area contributed by atoms with Crippen LogP contribution in [0.5, 0.6) is 0 Å². The lowest BCUT2D eigenvalue weighted by Gasteiger charge is -2.15. The number of pyridine rings is 1. The van der Waals surface area contributed by atoms with E-state index >= 15 is 0 Å². The van der Waals surface area contributed by atoms with Crippen molar-refractivity contribution < 1.29 is 9.90 Å². The van der Waals surface area contributed by atoms with E-state index in [9.17, 15) is 4.79 Å². The summed E-state index contributed by atoms with van der Waals surface area (Å²) in [5.41, 5.74) is 3.76. The van der Waals surface area contributed by atoms with Gasteiger partial charge in [-0.25, -0.2) is 9.97 Å². The molecule has 2 rings (SSSR count). The van der Waals surface area contributed by atoms with E-state index in [2.05, 4.69) is 21.8 Å². The van der Waals surface area contributed by atoms with Crippen LogP contribution in [0, 0.1) is 18.8 Å². The number of thiazole rings is 1. The van der Waals surface area contributed by atoms with Crippen molar-refractivity contribution in [2.45, 2.75) is 13.5 Å². The molecule has 0 aliphatic rings. The molecule has 2 heterocycles. The van der Waals surface area contributed by atoms with Crippen LogP contribution in [-0.2, 0) is 6.54 Å². The lowest BCUT2D eigenvalue weighted by molar-refractivity contribution is 0.0780. The minimum atomic E-state index is -0.197. The molecule has 0 aliphatic carbocycles. The van der Waals surface area contributed by atoms with Crippen LogP contribution in [0.25, 0.3) is 0 Å². The monoisotopic (exact) mass is 301 g/mol. The number of aliphatic hydroxyl groups is 1. The van der Waals surface area contributed by atoms with Gasteiger partial charge in [-0.05, 0) is 19.1 Å². The summed E-state index contributed by atoms with van der Waals surface area (Å²) < 4.78 is 0. The Balaban J connectivity index is 2.07. The molecule has 0 saturated heterocycles. The number of hydrogen-bond donors (Lipinski definition) is 1. The molecule has 0 bridgehead atoms. The highest BCUT2D eigenvalue weighted by Gasteiger charge is 2.15. The summed E-state index contributed by atoms with van der Waals surface area (Å²) in [6.07, 6.45) is 1.53. The van der Waals surface area contributed by atoms with E-state index in [4.69, 9.17) is 5.11 Å². The molecular formula is C15H15N3O2S. The van der Waals surface area contributed by atoms with Gasteiger partial charge in [-0.15, -0.1) is 11.3 Å². The molecule has 5 nitrogen and oxygen atoms in total. The van der Waals surface area contributed by atoms with Gasteiger partial charge in [0.05, 0.1) is 17.7 Å². The number of nitrogens with zero attached hydrogens (tertiary/aromatic N) is 3. The van der Waals surface area contributed by atoms with Gasteiger partial charge in [0.1, 0.15) is 12.3 Å². The molecular weight excluding hydrogens is 286 g/mol. The first-order chi connectivity index (χ1) is 10.1. The van der Waals surface area contributed by atoms with E-state index in [0.29, 0.717) is 17.8 Å². The van der Waals surface area contributed by atoms with E-state index in [1.54, 1.807) is 29.6 Å². The highest BCUT2D eigenvalue weighted by atomic mass is 32.1. The van der Waals surface area contributed by atoms with Gasteiger partial charge in [0.25, 0.3) is 5.91 Å². The zero-order valence-corrected chi connectivity index (χ0v) is 12.6. The molecule has 0 aliphatic heterocycles. The number of carbonyl (C=O) groups is 1. The van der Waals surface area contributed by atoms with E-state index in [1.807, 2.05) is 6.92 Å². The molecule has 0 radical (unpaired) electrons. The third kappa shape index (κ3) is 3.88. The predicted molar refractivity (Wildman–Crippen MR) is 80.8 cm³/mol. The Morgan fingerprint density at radius 3 is 2.81 bits per heavy atom. The van der Waals surface area contributed by atoms with E-state index < -0.39 is 0 Å². The zero-order chi connectivity index (χ0) is 15.2. The number of hydrogen-bond acceptors (Lipinski definition) is 5. The van der Waals surface area contributed by atoms with Crippen molar-refractivity contribution in [2.75, 3.05) is 13.7 Å². The summed E-state index contributed by atoms with van der Waals surface area (Å²) in [6, 6.07) is 3.36. The van der Waals surface area contributed by atoms with Gasteiger partial charge < -0.3 is 10.0 Å². The molecule has 0 saturated carbocycles. The SMILES string of the molecule is Cc1ncsc1CN(C)C(=O)c1ccc(C#CCO)cn1. The van der Waals surface area contributed by atoms with Crippen molar-refractivity contribution in [2.24, 2.45) is 0 Å². The summed E-state index contributed by atoms with van der Waals surface area (Å²) >= 11 is 1.53. The Bertz CT molecular complexity index is 683. The van der Waals surface area contributed by atoms with Crippen molar-refractivity contribution in [1.82, 2.24) is 14.9 Å². The van der Waals surface area contributed by atoms with Crippen molar-refractivity contribution in [3.8, 4) is 11.8 Å². The van der Waals surface area contributed by atoms with Crippen LogP contribution in [0.2, 0.25) is 0 Å². The van der Waals surface area contributed by atoms with Gasteiger partial charge in [0.2, 0.25) is 0 Å². The predicted octanol–water partition coefficient (Wildman–Crippen LogP) is 1.46. The van der Waals surface area contributed by atoms with E-state index in [-0.39, 0.29) is 12.5 Å². The topological polar surface area (TPSA) is 66.3 Å². The lowest BCUT2D eigenvalue weighted by atomic mass is 10.2. The molecule has 0 aromatic carbocycles. The number of aliphatic hydroxyl groups excluding tert-OH is 1. The molecule has 1 N–H and O–H groups in total.